The number of nitrogens with one attached hydrogen (secondary N) is 1. The van der Waals surface area contributed by atoms with Crippen molar-refractivity contribution in [2.75, 3.05) is 11.1 Å². The van der Waals surface area contributed by atoms with Gasteiger partial charge in [0.1, 0.15) is 5.75 Å². The quantitative estimate of drug-likeness (QED) is 0.925. The highest BCUT2D eigenvalue weighted by atomic mass is 32.2. The smallest absolute Gasteiger partial charge is 0.265 e. The zero-order valence-corrected chi connectivity index (χ0v) is 12.7. The monoisotopic (exact) mass is 297 g/mol. The molecule has 1 heterocycles. The van der Waals surface area contributed by atoms with Crippen LogP contribution in [0.25, 0.3) is 0 Å². The summed E-state index contributed by atoms with van der Waals surface area (Å²) in [5.41, 5.74) is 0.421. The van der Waals surface area contributed by atoms with Crippen molar-refractivity contribution in [1.82, 2.24) is 0 Å². The molecule has 1 unspecified atom stereocenters. The SMILES string of the molecule is CCC1Oc2ccc(S(=O)(=O)CC(C)C)cc2NC1=O. The van der Waals surface area contributed by atoms with Crippen LogP contribution in [0.15, 0.2) is 23.1 Å². The molecule has 1 aliphatic rings. The zero-order valence-electron chi connectivity index (χ0n) is 11.8. The van der Waals surface area contributed by atoms with Gasteiger partial charge in [-0.2, -0.15) is 0 Å². The van der Waals surface area contributed by atoms with E-state index in [1.54, 1.807) is 6.07 Å². The summed E-state index contributed by atoms with van der Waals surface area (Å²) in [5, 5.41) is 2.70. The summed E-state index contributed by atoms with van der Waals surface area (Å²) in [6, 6.07) is 4.60. The molecule has 0 spiro atoms. The summed E-state index contributed by atoms with van der Waals surface area (Å²) < 4.78 is 29.9. The average molecular weight is 297 g/mol. The molecule has 2 rings (SSSR count). The van der Waals surface area contributed by atoms with E-state index in [0.717, 1.165) is 0 Å². The maximum Gasteiger partial charge on any atom is 0.265 e. The van der Waals surface area contributed by atoms with Gasteiger partial charge in [-0.3, -0.25) is 4.79 Å². The highest BCUT2D eigenvalue weighted by molar-refractivity contribution is 7.91. The first-order chi connectivity index (χ1) is 9.33. The number of carbonyl (C=O) groups excluding carboxylic acids is 1. The Hall–Kier alpha value is -1.56. The molecule has 20 heavy (non-hydrogen) atoms. The molecule has 5 nitrogen and oxygen atoms in total. The Kier molecular flexibility index (Phi) is 4.04. The summed E-state index contributed by atoms with van der Waals surface area (Å²) >= 11 is 0. The minimum atomic E-state index is -3.34. The van der Waals surface area contributed by atoms with E-state index in [1.807, 2.05) is 20.8 Å². The zero-order chi connectivity index (χ0) is 14.9. The number of rotatable bonds is 4. The van der Waals surface area contributed by atoms with Gasteiger partial charge in [0.05, 0.1) is 16.3 Å². The highest BCUT2D eigenvalue weighted by Gasteiger charge is 2.27. The van der Waals surface area contributed by atoms with E-state index >= 15 is 0 Å². The molecule has 110 valence electrons. The standard InChI is InChI=1S/C14H19NO4S/c1-4-12-14(16)15-11-7-10(5-6-13(11)19-12)20(17,18)8-9(2)3/h5-7,9,12H,4,8H2,1-3H3,(H,15,16). The molecule has 0 saturated heterocycles. The van der Waals surface area contributed by atoms with Gasteiger partial charge in [-0.1, -0.05) is 20.8 Å². The molecule has 0 saturated carbocycles. The highest BCUT2D eigenvalue weighted by Crippen LogP contribution is 2.33. The molecule has 0 aliphatic carbocycles. The Bertz CT molecular complexity index is 622. The van der Waals surface area contributed by atoms with Gasteiger partial charge in [-0.05, 0) is 30.5 Å². The van der Waals surface area contributed by atoms with Crippen molar-refractivity contribution in [1.29, 1.82) is 0 Å². The van der Waals surface area contributed by atoms with E-state index in [0.29, 0.717) is 17.9 Å². The van der Waals surface area contributed by atoms with Crippen molar-refractivity contribution < 1.29 is 17.9 Å². The minimum absolute atomic E-state index is 0.0475. The number of hydrogen-bond acceptors (Lipinski definition) is 4. The third-order valence-electron chi connectivity index (χ3n) is 3.05. The van der Waals surface area contributed by atoms with E-state index in [9.17, 15) is 13.2 Å². The van der Waals surface area contributed by atoms with Crippen LogP contribution in [-0.2, 0) is 14.6 Å². The van der Waals surface area contributed by atoms with E-state index in [-0.39, 0.29) is 22.5 Å². The topological polar surface area (TPSA) is 72.5 Å². The first kappa shape index (κ1) is 14.8. The first-order valence-electron chi connectivity index (χ1n) is 6.68. The fraction of sp³-hybridized carbons (Fsp3) is 0.500. The number of fused-ring (bicyclic) bond motifs is 1. The lowest BCUT2D eigenvalue weighted by Crippen LogP contribution is -2.36. The number of amides is 1. The molecule has 1 N–H and O–H groups in total. The van der Waals surface area contributed by atoms with Gasteiger partial charge in [-0.15, -0.1) is 0 Å². The Labute approximate surface area is 119 Å². The van der Waals surface area contributed by atoms with Gasteiger partial charge in [0.25, 0.3) is 5.91 Å². The summed E-state index contributed by atoms with van der Waals surface area (Å²) in [5.74, 6) is 0.405. The predicted molar refractivity (Wildman–Crippen MR) is 76.7 cm³/mol. The molecule has 1 aromatic rings. The maximum absolute atomic E-state index is 12.2. The van der Waals surface area contributed by atoms with E-state index in [4.69, 9.17) is 4.74 Å². The Morgan fingerprint density at radius 2 is 2.05 bits per heavy atom. The maximum atomic E-state index is 12.2. The Morgan fingerprint density at radius 3 is 2.65 bits per heavy atom. The summed E-state index contributed by atoms with van der Waals surface area (Å²) in [4.78, 5) is 12.0. The number of hydrogen-bond donors (Lipinski definition) is 1. The van der Waals surface area contributed by atoms with E-state index in [2.05, 4.69) is 5.32 Å². The first-order valence-corrected chi connectivity index (χ1v) is 8.33. The molecule has 1 aliphatic heterocycles. The van der Waals surface area contributed by atoms with Crippen molar-refractivity contribution in [3.05, 3.63) is 18.2 Å². The summed E-state index contributed by atoms with van der Waals surface area (Å²) in [6.45, 7) is 5.57. The van der Waals surface area contributed by atoms with Gasteiger partial charge in [-0.25, -0.2) is 8.42 Å². The molecule has 1 aromatic carbocycles. The minimum Gasteiger partial charge on any atom is -0.478 e. The number of ether oxygens (including phenoxy) is 1. The molecule has 0 aromatic heterocycles. The number of anilines is 1. The van der Waals surface area contributed by atoms with Crippen LogP contribution in [-0.4, -0.2) is 26.2 Å². The van der Waals surface area contributed by atoms with Crippen LogP contribution in [0.2, 0.25) is 0 Å². The van der Waals surface area contributed by atoms with Crippen LogP contribution in [0, 0.1) is 5.92 Å². The van der Waals surface area contributed by atoms with Crippen molar-refractivity contribution in [2.45, 2.75) is 38.2 Å². The fourth-order valence-corrected chi connectivity index (χ4v) is 3.77. The van der Waals surface area contributed by atoms with Crippen LogP contribution in [0.1, 0.15) is 27.2 Å². The Balaban J connectivity index is 2.34. The number of carbonyl (C=O) groups is 1. The predicted octanol–water partition coefficient (Wildman–Crippen LogP) is 2.23. The lowest BCUT2D eigenvalue weighted by Gasteiger charge is -2.25. The lowest BCUT2D eigenvalue weighted by molar-refractivity contribution is -0.123. The van der Waals surface area contributed by atoms with Crippen LogP contribution in [0.3, 0.4) is 0 Å². The largest absolute Gasteiger partial charge is 0.478 e. The average Bonchev–Trinajstić information content (AvgIpc) is 2.35. The molecular formula is C14H19NO4S. The molecule has 1 amide bonds. The van der Waals surface area contributed by atoms with Crippen molar-refractivity contribution >= 4 is 21.4 Å². The van der Waals surface area contributed by atoms with E-state index in [1.165, 1.54) is 12.1 Å². The summed E-state index contributed by atoms with van der Waals surface area (Å²) in [6.07, 6.45) is 0.0548. The van der Waals surface area contributed by atoms with Crippen LogP contribution < -0.4 is 10.1 Å². The second kappa shape index (κ2) is 5.44. The van der Waals surface area contributed by atoms with Gasteiger partial charge < -0.3 is 10.1 Å². The second-order valence-corrected chi connectivity index (χ2v) is 7.37. The number of sulfone groups is 1. The third kappa shape index (κ3) is 2.95. The van der Waals surface area contributed by atoms with Crippen molar-refractivity contribution in [3.8, 4) is 5.75 Å². The lowest BCUT2D eigenvalue weighted by atomic mass is 10.2. The fourth-order valence-electron chi connectivity index (χ4n) is 2.13. The normalized spacial score (nSPS) is 18.4. The molecule has 0 bridgehead atoms. The van der Waals surface area contributed by atoms with Crippen molar-refractivity contribution in [2.24, 2.45) is 5.92 Å². The summed E-state index contributed by atoms with van der Waals surface area (Å²) in [7, 11) is -3.34. The molecule has 0 radical (unpaired) electrons. The van der Waals surface area contributed by atoms with E-state index < -0.39 is 15.9 Å². The molecule has 0 fully saturated rings. The van der Waals surface area contributed by atoms with Gasteiger partial charge in [0.2, 0.25) is 0 Å². The third-order valence-corrected chi connectivity index (χ3v) is 5.13. The molecular weight excluding hydrogens is 278 g/mol. The Morgan fingerprint density at radius 1 is 1.35 bits per heavy atom. The van der Waals surface area contributed by atoms with Crippen LogP contribution in [0.4, 0.5) is 5.69 Å². The molecule has 6 heteroatoms. The van der Waals surface area contributed by atoms with Gasteiger partial charge in [0.15, 0.2) is 15.9 Å². The number of benzene rings is 1. The van der Waals surface area contributed by atoms with Gasteiger partial charge >= 0.3 is 0 Å². The van der Waals surface area contributed by atoms with Crippen LogP contribution in [0.5, 0.6) is 5.75 Å². The van der Waals surface area contributed by atoms with Crippen LogP contribution >= 0.6 is 0 Å². The van der Waals surface area contributed by atoms with Gasteiger partial charge in [0, 0.05) is 0 Å². The van der Waals surface area contributed by atoms with Crippen molar-refractivity contribution in [3.63, 3.8) is 0 Å². The second-order valence-electron chi connectivity index (χ2n) is 5.34. The molecule has 1 atom stereocenters.